The van der Waals surface area contributed by atoms with Crippen LogP contribution in [0.15, 0.2) is 83.0 Å². The van der Waals surface area contributed by atoms with E-state index in [0.29, 0.717) is 0 Å². The van der Waals surface area contributed by atoms with E-state index in [9.17, 15) is 0 Å². The molecule has 5 rings (SSSR count). The Hall–Kier alpha value is -3.90. The van der Waals surface area contributed by atoms with Crippen LogP contribution in [0.4, 0.5) is 0 Å². The van der Waals surface area contributed by atoms with Gasteiger partial charge in [0.2, 0.25) is 0 Å². The van der Waals surface area contributed by atoms with Crippen molar-refractivity contribution >= 4 is 23.3 Å². The van der Waals surface area contributed by atoms with Gasteiger partial charge >= 0.3 is 0 Å². The monoisotopic (exact) mass is 451 g/mol. The van der Waals surface area contributed by atoms with Crippen LogP contribution >= 0.6 is 0 Å². The maximum atomic E-state index is 5.47. The van der Waals surface area contributed by atoms with Crippen molar-refractivity contribution in [1.82, 2.24) is 15.4 Å². The van der Waals surface area contributed by atoms with Crippen molar-refractivity contribution in [2.45, 2.75) is 25.9 Å². The highest BCUT2D eigenvalue weighted by atomic mass is 16.5. The fourth-order valence-corrected chi connectivity index (χ4v) is 4.95. The number of H-pyrrole nitrogens is 1. The smallest absolute Gasteiger partial charge is 0.119 e. The number of aromatic amines is 1. The third kappa shape index (κ3) is 4.20. The standard InChI is InChI=1S/C28H29N5O/c1-19(31-32-29-2)21-9-7-10-22(17-21)28-27-25(24-12-4-5-13-26(24)30-27)14-15-33(28)18-20-8-6-11-23(16-20)34-3/h4-13,16-17,28,30,32H,2,14-15,18H2,1,3H3/b31-19+. The van der Waals surface area contributed by atoms with E-state index in [1.54, 1.807) is 7.11 Å². The van der Waals surface area contributed by atoms with Gasteiger partial charge in [0.25, 0.3) is 0 Å². The number of nitrogens with zero attached hydrogens (tertiary/aromatic N) is 3. The first-order chi connectivity index (χ1) is 16.7. The molecule has 0 aliphatic carbocycles. The van der Waals surface area contributed by atoms with E-state index in [0.717, 1.165) is 36.5 Å². The average molecular weight is 452 g/mol. The number of fused-ring (bicyclic) bond motifs is 3. The van der Waals surface area contributed by atoms with E-state index < -0.39 is 0 Å². The van der Waals surface area contributed by atoms with Crippen LogP contribution in [0, 0.1) is 0 Å². The van der Waals surface area contributed by atoms with Gasteiger partial charge in [0.15, 0.2) is 0 Å². The highest BCUT2D eigenvalue weighted by Gasteiger charge is 2.32. The molecule has 0 saturated heterocycles. The minimum Gasteiger partial charge on any atom is -0.497 e. The lowest BCUT2D eigenvalue weighted by atomic mass is 9.90. The van der Waals surface area contributed by atoms with E-state index in [2.05, 4.69) is 99.1 Å². The predicted molar refractivity (Wildman–Crippen MR) is 139 cm³/mol. The van der Waals surface area contributed by atoms with Crippen LogP contribution in [0.25, 0.3) is 10.9 Å². The Kier molecular flexibility index (Phi) is 6.14. The summed E-state index contributed by atoms with van der Waals surface area (Å²) in [7, 11) is 1.71. The quantitative estimate of drug-likeness (QED) is 0.298. The van der Waals surface area contributed by atoms with E-state index in [1.165, 1.54) is 33.3 Å². The average Bonchev–Trinajstić information content (AvgIpc) is 3.26. The van der Waals surface area contributed by atoms with Gasteiger partial charge in [-0.1, -0.05) is 48.5 Å². The second kappa shape index (κ2) is 9.53. The number of hydrazone groups is 2. The van der Waals surface area contributed by atoms with Crippen molar-refractivity contribution in [3.05, 3.63) is 101 Å². The first kappa shape index (κ1) is 21.9. The van der Waals surface area contributed by atoms with Crippen LogP contribution in [0.5, 0.6) is 5.75 Å². The lowest BCUT2D eigenvalue weighted by molar-refractivity contribution is 0.202. The van der Waals surface area contributed by atoms with Gasteiger partial charge in [-0.15, -0.1) is 0 Å². The molecule has 172 valence electrons. The van der Waals surface area contributed by atoms with E-state index >= 15 is 0 Å². The third-order valence-corrected chi connectivity index (χ3v) is 6.56. The van der Waals surface area contributed by atoms with Crippen LogP contribution < -0.4 is 10.3 Å². The first-order valence-electron chi connectivity index (χ1n) is 11.5. The molecule has 3 aromatic carbocycles. The Bertz CT molecular complexity index is 1360. The normalized spacial score (nSPS) is 16.3. The lowest BCUT2D eigenvalue weighted by Crippen LogP contribution is -2.35. The second-order valence-corrected chi connectivity index (χ2v) is 8.62. The molecule has 34 heavy (non-hydrogen) atoms. The van der Waals surface area contributed by atoms with E-state index in [1.807, 2.05) is 13.0 Å². The molecule has 1 aliphatic rings. The Labute approximate surface area is 200 Å². The molecule has 2 heterocycles. The van der Waals surface area contributed by atoms with Crippen molar-refractivity contribution in [1.29, 1.82) is 0 Å². The number of methoxy groups -OCH3 is 1. The van der Waals surface area contributed by atoms with Gasteiger partial charge in [0.05, 0.1) is 18.9 Å². The zero-order valence-electron chi connectivity index (χ0n) is 19.6. The van der Waals surface area contributed by atoms with Gasteiger partial charge in [-0.25, -0.2) is 0 Å². The number of hydrogen-bond donors (Lipinski definition) is 2. The minimum atomic E-state index is 0.0978. The molecule has 4 aromatic rings. The number of para-hydroxylation sites is 1. The number of ether oxygens (including phenoxy) is 1. The summed E-state index contributed by atoms with van der Waals surface area (Å²) in [4.78, 5) is 6.30. The maximum Gasteiger partial charge on any atom is 0.119 e. The molecular formula is C28H29N5O. The molecule has 6 heteroatoms. The van der Waals surface area contributed by atoms with E-state index in [-0.39, 0.29) is 6.04 Å². The van der Waals surface area contributed by atoms with E-state index in [4.69, 9.17) is 4.74 Å². The van der Waals surface area contributed by atoms with Crippen LogP contribution in [0.3, 0.4) is 0 Å². The lowest BCUT2D eigenvalue weighted by Gasteiger charge is -2.36. The van der Waals surface area contributed by atoms with Crippen LogP contribution in [0.1, 0.15) is 40.9 Å². The van der Waals surface area contributed by atoms with Gasteiger partial charge < -0.3 is 9.72 Å². The number of benzene rings is 3. The third-order valence-electron chi connectivity index (χ3n) is 6.56. The highest BCUT2D eigenvalue weighted by Crippen LogP contribution is 2.39. The molecule has 0 amide bonds. The number of nitrogens with one attached hydrogen (secondary N) is 2. The molecule has 0 radical (unpaired) electrons. The molecule has 0 bridgehead atoms. The number of rotatable bonds is 7. The van der Waals surface area contributed by atoms with Gasteiger partial charge in [0.1, 0.15) is 5.75 Å². The van der Waals surface area contributed by atoms with Gasteiger partial charge in [-0.3, -0.25) is 4.90 Å². The summed E-state index contributed by atoms with van der Waals surface area (Å²) < 4.78 is 5.47. The SMILES string of the molecule is C=NN/N=C(\C)c1cccc(C2c3[nH]c4ccccc4c3CCN2Cc2cccc(OC)c2)c1. The topological polar surface area (TPSA) is 65.0 Å². The molecule has 1 aliphatic heterocycles. The van der Waals surface area contributed by atoms with Crippen LogP contribution in [-0.4, -0.2) is 36.0 Å². The summed E-state index contributed by atoms with van der Waals surface area (Å²) in [5.74, 6) is 0.884. The molecule has 0 spiro atoms. The number of hydrogen-bond acceptors (Lipinski definition) is 5. The van der Waals surface area contributed by atoms with Crippen molar-refractivity contribution in [3.8, 4) is 5.75 Å². The maximum absolute atomic E-state index is 5.47. The predicted octanol–water partition coefficient (Wildman–Crippen LogP) is 5.25. The van der Waals surface area contributed by atoms with Crippen molar-refractivity contribution in [2.75, 3.05) is 13.7 Å². The summed E-state index contributed by atoms with van der Waals surface area (Å²) in [6.45, 7) is 7.21. The first-order valence-corrected chi connectivity index (χ1v) is 11.5. The zero-order valence-corrected chi connectivity index (χ0v) is 19.6. The summed E-state index contributed by atoms with van der Waals surface area (Å²) in [5.41, 5.74) is 10.9. The molecule has 2 N–H and O–H groups in total. The van der Waals surface area contributed by atoms with Crippen molar-refractivity contribution in [3.63, 3.8) is 0 Å². The molecular weight excluding hydrogens is 422 g/mol. The Morgan fingerprint density at radius 1 is 1.12 bits per heavy atom. The van der Waals surface area contributed by atoms with Gasteiger partial charge in [-0.05, 0) is 59.9 Å². The van der Waals surface area contributed by atoms with Crippen molar-refractivity contribution in [2.24, 2.45) is 10.2 Å². The van der Waals surface area contributed by atoms with Crippen LogP contribution in [0.2, 0.25) is 0 Å². The summed E-state index contributed by atoms with van der Waals surface area (Å²) in [6.07, 6.45) is 1.01. The molecule has 0 saturated carbocycles. The van der Waals surface area contributed by atoms with Crippen molar-refractivity contribution < 1.29 is 4.74 Å². The molecule has 1 atom stereocenters. The summed E-state index contributed by atoms with van der Waals surface area (Å²) in [5, 5.41) is 9.23. The summed E-state index contributed by atoms with van der Waals surface area (Å²) >= 11 is 0. The van der Waals surface area contributed by atoms with Gasteiger partial charge in [0, 0.05) is 36.4 Å². The molecule has 1 unspecified atom stereocenters. The number of aromatic nitrogens is 1. The van der Waals surface area contributed by atoms with Gasteiger partial charge in [-0.2, -0.15) is 15.7 Å². The fourth-order valence-electron chi connectivity index (χ4n) is 4.95. The van der Waals surface area contributed by atoms with Crippen LogP contribution in [-0.2, 0) is 13.0 Å². The fraction of sp³-hybridized carbons (Fsp3) is 0.214. The second-order valence-electron chi connectivity index (χ2n) is 8.62. The zero-order chi connectivity index (χ0) is 23.5. The minimum absolute atomic E-state index is 0.0978. The summed E-state index contributed by atoms with van der Waals surface area (Å²) in [6, 6.07) is 25.7. The molecule has 6 nitrogen and oxygen atoms in total. The Morgan fingerprint density at radius 2 is 1.97 bits per heavy atom. The Balaban J connectivity index is 1.59. The Morgan fingerprint density at radius 3 is 2.82 bits per heavy atom. The molecule has 0 fully saturated rings. The largest absolute Gasteiger partial charge is 0.497 e. The highest BCUT2D eigenvalue weighted by molar-refractivity contribution is 5.98. The molecule has 1 aromatic heterocycles.